The first-order valence-electron chi connectivity index (χ1n) is 3.98. The van der Waals surface area contributed by atoms with E-state index in [-0.39, 0.29) is 12.4 Å². The van der Waals surface area contributed by atoms with Crippen LogP contribution in [-0.4, -0.2) is 37.6 Å². The second kappa shape index (κ2) is 3.92. The molecule has 12 heavy (non-hydrogen) atoms. The molecule has 0 saturated carbocycles. The van der Waals surface area contributed by atoms with Crippen molar-refractivity contribution in [3.05, 3.63) is 0 Å². The molecule has 0 radical (unpaired) electrons. The van der Waals surface area contributed by atoms with Crippen molar-refractivity contribution in [2.75, 3.05) is 19.6 Å². The first-order chi connectivity index (χ1) is 5.60. The molecule has 1 aliphatic rings. The Kier molecular flexibility index (Phi) is 3.35. The highest BCUT2D eigenvalue weighted by Crippen LogP contribution is 2.24. The number of methoxy groups -OCH3 is 1. The van der Waals surface area contributed by atoms with Gasteiger partial charge in [-0.2, -0.15) is 0 Å². The highest BCUT2D eigenvalue weighted by Gasteiger charge is 2.37. The van der Waals surface area contributed by atoms with Crippen LogP contribution in [0.5, 0.6) is 0 Å². The van der Waals surface area contributed by atoms with Crippen LogP contribution >= 0.6 is 11.6 Å². The molecule has 1 rings (SSSR count). The van der Waals surface area contributed by atoms with Crippen molar-refractivity contribution < 1.29 is 14.2 Å². The van der Waals surface area contributed by atoms with Crippen LogP contribution in [0.4, 0.5) is 0 Å². The highest BCUT2D eigenvalue weighted by atomic mass is 35.5. The SMILES string of the molecule is COC(C)(C)C1OCC(CCl)O1. The average molecular weight is 195 g/mol. The maximum Gasteiger partial charge on any atom is 0.186 e. The normalized spacial score (nSPS) is 31.0. The summed E-state index contributed by atoms with van der Waals surface area (Å²) in [7, 11) is 1.64. The van der Waals surface area contributed by atoms with Gasteiger partial charge < -0.3 is 14.2 Å². The molecule has 0 aromatic carbocycles. The van der Waals surface area contributed by atoms with Crippen molar-refractivity contribution in [3.63, 3.8) is 0 Å². The first kappa shape index (κ1) is 10.3. The van der Waals surface area contributed by atoms with Gasteiger partial charge in [-0.15, -0.1) is 11.6 Å². The third-order valence-electron chi connectivity index (χ3n) is 2.02. The lowest BCUT2D eigenvalue weighted by Crippen LogP contribution is -2.39. The topological polar surface area (TPSA) is 27.7 Å². The fraction of sp³-hybridized carbons (Fsp3) is 1.00. The van der Waals surface area contributed by atoms with E-state index in [0.29, 0.717) is 12.5 Å². The van der Waals surface area contributed by atoms with E-state index < -0.39 is 5.60 Å². The molecule has 0 aromatic rings. The molecule has 0 spiro atoms. The molecule has 0 bridgehead atoms. The van der Waals surface area contributed by atoms with Crippen LogP contribution in [0.15, 0.2) is 0 Å². The molecule has 0 N–H and O–H groups in total. The van der Waals surface area contributed by atoms with Gasteiger partial charge in [0.15, 0.2) is 6.29 Å². The van der Waals surface area contributed by atoms with E-state index in [1.54, 1.807) is 7.11 Å². The van der Waals surface area contributed by atoms with E-state index in [4.69, 9.17) is 25.8 Å². The van der Waals surface area contributed by atoms with Gasteiger partial charge in [-0.25, -0.2) is 0 Å². The Hall–Kier alpha value is 0.170. The maximum absolute atomic E-state index is 5.62. The second-order valence-electron chi connectivity index (χ2n) is 3.39. The van der Waals surface area contributed by atoms with Gasteiger partial charge in [-0.05, 0) is 13.8 Å². The van der Waals surface area contributed by atoms with Gasteiger partial charge in [0.25, 0.3) is 0 Å². The Labute approximate surface area is 77.9 Å². The van der Waals surface area contributed by atoms with E-state index in [1.165, 1.54) is 0 Å². The quantitative estimate of drug-likeness (QED) is 0.636. The predicted molar refractivity (Wildman–Crippen MR) is 46.4 cm³/mol. The van der Waals surface area contributed by atoms with Crippen LogP contribution in [0.25, 0.3) is 0 Å². The van der Waals surface area contributed by atoms with E-state index in [2.05, 4.69) is 0 Å². The molecule has 0 aromatic heterocycles. The molecular formula is C8H15ClO3. The lowest BCUT2D eigenvalue weighted by Gasteiger charge is -2.28. The monoisotopic (exact) mass is 194 g/mol. The summed E-state index contributed by atoms with van der Waals surface area (Å²) in [4.78, 5) is 0. The van der Waals surface area contributed by atoms with Gasteiger partial charge >= 0.3 is 0 Å². The van der Waals surface area contributed by atoms with Gasteiger partial charge in [-0.1, -0.05) is 0 Å². The summed E-state index contributed by atoms with van der Waals surface area (Å²) in [6.45, 7) is 4.41. The number of rotatable bonds is 3. The molecule has 1 fully saturated rings. The Bertz CT molecular complexity index is 149. The second-order valence-corrected chi connectivity index (χ2v) is 3.69. The molecule has 2 unspecified atom stereocenters. The number of alkyl halides is 1. The van der Waals surface area contributed by atoms with Gasteiger partial charge in [0, 0.05) is 7.11 Å². The lowest BCUT2D eigenvalue weighted by atomic mass is 10.1. The highest BCUT2D eigenvalue weighted by molar-refractivity contribution is 6.18. The van der Waals surface area contributed by atoms with E-state index >= 15 is 0 Å². The van der Waals surface area contributed by atoms with Crippen LogP contribution in [-0.2, 0) is 14.2 Å². The molecule has 1 heterocycles. The van der Waals surface area contributed by atoms with Crippen molar-refractivity contribution in [1.82, 2.24) is 0 Å². The fourth-order valence-electron chi connectivity index (χ4n) is 0.990. The summed E-state index contributed by atoms with van der Waals surface area (Å²) in [6.07, 6.45) is -0.294. The van der Waals surface area contributed by atoms with E-state index in [0.717, 1.165) is 0 Å². The number of halogens is 1. The Morgan fingerprint density at radius 1 is 1.58 bits per heavy atom. The van der Waals surface area contributed by atoms with Gasteiger partial charge in [-0.3, -0.25) is 0 Å². The van der Waals surface area contributed by atoms with Crippen LogP contribution in [0, 0.1) is 0 Å². The van der Waals surface area contributed by atoms with Crippen molar-refractivity contribution in [2.45, 2.75) is 31.8 Å². The van der Waals surface area contributed by atoms with Crippen molar-refractivity contribution in [1.29, 1.82) is 0 Å². The molecule has 1 saturated heterocycles. The minimum Gasteiger partial charge on any atom is -0.374 e. The van der Waals surface area contributed by atoms with Crippen LogP contribution in [0.3, 0.4) is 0 Å². The summed E-state index contributed by atoms with van der Waals surface area (Å²) >= 11 is 5.62. The van der Waals surface area contributed by atoms with Gasteiger partial charge in [0.05, 0.1) is 18.6 Å². The van der Waals surface area contributed by atoms with Gasteiger partial charge in [0.2, 0.25) is 0 Å². The Balaban J connectivity index is 2.46. The zero-order valence-corrected chi connectivity index (χ0v) is 8.43. The maximum atomic E-state index is 5.62. The standard InChI is InChI=1S/C8H15ClO3/c1-8(2,10-3)7-11-5-6(4-9)12-7/h6-7H,4-5H2,1-3H3. The van der Waals surface area contributed by atoms with Crippen molar-refractivity contribution >= 4 is 11.6 Å². The lowest BCUT2D eigenvalue weighted by molar-refractivity contribution is -0.183. The molecular weight excluding hydrogens is 180 g/mol. The Morgan fingerprint density at radius 3 is 2.67 bits per heavy atom. The van der Waals surface area contributed by atoms with Crippen LogP contribution in [0.2, 0.25) is 0 Å². The van der Waals surface area contributed by atoms with Crippen LogP contribution < -0.4 is 0 Å². The number of hydrogen-bond donors (Lipinski definition) is 0. The Morgan fingerprint density at radius 2 is 2.25 bits per heavy atom. The number of hydrogen-bond acceptors (Lipinski definition) is 3. The molecule has 1 aliphatic heterocycles. The zero-order valence-electron chi connectivity index (χ0n) is 7.67. The number of ether oxygens (including phenoxy) is 3. The summed E-state index contributed by atoms with van der Waals surface area (Å²) < 4.78 is 16.1. The molecule has 72 valence electrons. The van der Waals surface area contributed by atoms with Crippen LogP contribution in [0.1, 0.15) is 13.8 Å². The van der Waals surface area contributed by atoms with Crippen molar-refractivity contribution in [3.8, 4) is 0 Å². The summed E-state index contributed by atoms with van der Waals surface area (Å²) in [5, 5.41) is 0. The summed E-state index contributed by atoms with van der Waals surface area (Å²) in [5.41, 5.74) is -0.402. The molecule has 2 atom stereocenters. The summed E-state index contributed by atoms with van der Waals surface area (Å²) in [6, 6.07) is 0. The van der Waals surface area contributed by atoms with E-state index in [9.17, 15) is 0 Å². The smallest absolute Gasteiger partial charge is 0.186 e. The molecule has 3 nitrogen and oxygen atoms in total. The molecule has 0 aliphatic carbocycles. The van der Waals surface area contributed by atoms with E-state index in [1.807, 2.05) is 13.8 Å². The van der Waals surface area contributed by atoms with Gasteiger partial charge in [0.1, 0.15) is 5.60 Å². The molecule has 4 heteroatoms. The zero-order chi connectivity index (χ0) is 9.19. The third kappa shape index (κ3) is 2.10. The minimum atomic E-state index is -0.402. The minimum absolute atomic E-state index is 0.00564. The third-order valence-corrected chi connectivity index (χ3v) is 2.36. The first-order valence-corrected chi connectivity index (χ1v) is 4.52. The predicted octanol–water partition coefficient (Wildman–Crippen LogP) is 1.39. The fourth-order valence-corrected chi connectivity index (χ4v) is 1.15. The average Bonchev–Trinajstić information content (AvgIpc) is 2.52. The largest absolute Gasteiger partial charge is 0.374 e. The summed E-state index contributed by atoms with van der Waals surface area (Å²) in [5.74, 6) is 0.469. The van der Waals surface area contributed by atoms with Crippen molar-refractivity contribution in [2.24, 2.45) is 0 Å². The molecule has 0 amide bonds.